The van der Waals surface area contributed by atoms with E-state index in [1.165, 1.54) is 6.21 Å². The predicted molar refractivity (Wildman–Crippen MR) is 102 cm³/mol. The topological polar surface area (TPSA) is 70.9 Å². The molecule has 2 N–H and O–H groups in total. The van der Waals surface area contributed by atoms with Gasteiger partial charge >= 0.3 is 0 Å². The predicted octanol–water partition coefficient (Wildman–Crippen LogP) is 3.25. The van der Waals surface area contributed by atoms with Gasteiger partial charge in [-0.2, -0.15) is 5.10 Å². The number of phenols is 1. The number of nitrogens with zero attached hydrogens (tertiary/aromatic N) is 1. The number of hydrogen-bond donors (Lipinski definition) is 2. The van der Waals surface area contributed by atoms with E-state index in [1.807, 2.05) is 24.3 Å². The van der Waals surface area contributed by atoms with Crippen molar-refractivity contribution in [3.8, 4) is 11.5 Å². The number of phenolic OH excluding ortho intramolecular Hbond substituents is 1. The number of amides is 1. The van der Waals surface area contributed by atoms with Gasteiger partial charge < -0.3 is 9.84 Å². The summed E-state index contributed by atoms with van der Waals surface area (Å²) in [6, 6.07) is 12.7. The number of hydrogen-bond acceptors (Lipinski definition) is 4. The number of carbonyl (C=O) groups excluding carboxylic acids is 1. The maximum atomic E-state index is 11.7. The monoisotopic (exact) mass is 436 g/mol. The molecule has 0 bridgehead atoms. The largest absolute Gasteiger partial charge is 0.507 e. The third kappa shape index (κ3) is 5.38. The summed E-state index contributed by atoms with van der Waals surface area (Å²) in [5, 5.41) is 13.9. The average Bonchev–Trinajstić information content (AvgIpc) is 2.58. The van der Waals surface area contributed by atoms with Gasteiger partial charge in [0.1, 0.15) is 11.5 Å². The van der Waals surface area contributed by atoms with Crippen molar-refractivity contribution in [1.29, 1.82) is 0 Å². The fourth-order valence-corrected chi connectivity index (χ4v) is 2.28. The number of rotatable bonds is 7. The molecule has 1 amide bonds. The minimum atomic E-state index is -0.383. The summed E-state index contributed by atoms with van der Waals surface area (Å²) in [6.45, 7) is 3.51. The highest BCUT2D eigenvalue weighted by Crippen LogP contribution is 2.21. The Labute approximate surface area is 154 Å². The normalized spacial score (nSPS) is 10.5. The van der Waals surface area contributed by atoms with Gasteiger partial charge in [-0.1, -0.05) is 18.2 Å². The smallest absolute Gasteiger partial charge is 0.277 e. The molecule has 0 heterocycles. The number of nitrogens with one attached hydrogen (secondary N) is 1. The fourth-order valence-electron chi connectivity index (χ4n) is 1.92. The van der Waals surface area contributed by atoms with Crippen molar-refractivity contribution in [2.24, 2.45) is 5.10 Å². The molecule has 0 aliphatic carbocycles. The van der Waals surface area contributed by atoms with Crippen LogP contribution in [0.5, 0.6) is 11.5 Å². The summed E-state index contributed by atoms with van der Waals surface area (Å²) in [7, 11) is 0. The zero-order chi connectivity index (χ0) is 17.4. The second-order valence-corrected chi connectivity index (χ2v) is 6.13. The molecule has 0 aliphatic rings. The number of halogens is 1. The van der Waals surface area contributed by atoms with Crippen LogP contribution in [0.25, 0.3) is 0 Å². The Morgan fingerprint density at radius 1 is 1.29 bits per heavy atom. The number of hydrazone groups is 1. The first-order valence-electron chi connectivity index (χ1n) is 7.22. The Balaban J connectivity index is 1.87. The van der Waals surface area contributed by atoms with E-state index in [1.54, 1.807) is 24.3 Å². The van der Waals surface area contributed by atoms with Crippen LogP contribution in [0.2, 0.25) is 0 Å². The highest BCUT2D eigenvalue weighted by atomic mass is 127. The molecule has 0 fully saturated rings. The van der Waals surface area contributed by atoms with Crippen molar-refractivity contribution in [1.82, 2.24) is 5.43 Å². The van der Waals surface area contributed by atoms with Crippen molar-refractivity contribution in [3.05, 3.63) is 69.8 Å². The lowest BCUT2D eigenvalue weighted by Gasteiger charge is -2.06. The summed E-state index contributed by atoms with van der Waals surface area (Å²) in [5.74, 6) is 0.362. The number of para-hydroxylation sites is 1. The van der Waals surface area contributed by atoms with Crippen LogP contribution in [0.15, 0.2) is 60.2 Å². The van der Waals surface area contributed by atoms with E-state index < -0.39 is 0 Å². The van der Waals surface area contributed by atoms with E-state index in [9.17, 15) is 9.90 Å². The molecule has 0 aromatic heterocycles. The van der Waals surface area contributed by atoms with Gasteiger partial charge in [0.2, 0.25) is 0 Å². The maximum absolute atomic E-state index is 11.7. The second-order valence-electron chi connectivity index (χ2n) is 4.88. The van der Waals surface area contributed by atoms with Crippen LogP contribution < -0.4 is 10.2 Å². The van der Waals surface area contributed by atoms with Crippen LogP contribution in [0.3, 0.4) is 0 Å². The quantitative estimate of drug-likeness (QED) is 0.303. The first-order valence-corrected chi connectivity index (χ1v) is 8.30. The zero-order valence-electron chi connectivity index (χ0n) is 12.9. The van der Waals surface area contributed by atoms with Crippen molar-refractivity contribution in [2.45, 2.75) is 6.42 Å². The molecule has 0 saturated carbocycles. The van der Waals surface area contributed by atoms with Gasteiger partial charge in [-0.25, -0.2) is 5.43 Å². The van der Waals surface area contributed by atoms with Gasteiger partial charge in [0, 0.05) is 9.13 Å². The van der Waals surface area contributed by atoms with E-state index in [2.05, 4.69) is 39.7 Å². The van der Waals surface area contributed by atoms with Crippen LogP contribution in [0.1, 0.15) is 11.1 Å². The fraction of sp³-hybridized carbons (Fsp3) is 0.111. The Morgan fingerprint density at radius 2 is 2.04 bits per heavy atom. The highest BCUT2D eigenvalue weighted by Gasteiger charge is 2.04. The summed E-state index contributed by atoms with van der Waals surface area (Å²) in [4.78, 5) is 11.7. The molecule has 6 heteroatoms. The Morgan fingerprint density at radius 3 is 2.75 bits per heavy atom. The third-order valence-corrected chi connectivity index (χ3v) is 3.81. The number of benzene rings is 2. The van der Waals surface area contributed by atoms with Gasteiger partial charge in [-0.3, -0.25) is 4.79 Å². The minimum absolute atomic E-state index is 0.130. The van der Waals surface area contributed by atoms with Crippen LogP contribution in [0.4, 0.5) is 0 Å². The van der Waals surface area contributed by atoms with Gasteiger partial charge in [-0.15, -0.1) is 6.58 Å². The van der Waals surface area contributed by atoms with Crippen LogP contribution in [-0.2, 0) is 11.2 Å². The molecule has 2 aromatic rings. The standard InChI is InChI=1S/C18H17IN2O3/c1-2-4-13-5-3-6-14(18(13)23)11-20-21-17(22)12-24-16-9-7-15(19)8-10-16/h2-3,5-11,23H,1,4,12H2,(H,21,22)/b20-11+. The first kappa shape index (κ1) is 18.0. The molecule has 2 rings (SSSR count). The van der Waals surface area contributed by atoms with Crippen molar-refractivity contribution >= 4 is 34.7 Å². The second kappa shape index (κ2) is 9.07. The molecular formula is C18H17IN2O3. The number of allylic oxidation sites excluding steroid dienone is 1. The van der Waals surface area contributed by atoms with Crippen molar-refractivity contribution in [3.63, 3.8) is 0 Å². The molecule has 0 spiro atoms. The highest BCUT2D eigenvalue weighted by molar-refractivity contribution is 14.1. The lowest BCUT2D eigenvalue weighted by Crippen LogP contribution is -2.24. The molecule has 2 aromatic carbocycles. The molecule has 0 atom stereocenters. The van der Waals surface area contributed by atoms with Gasteiger partial charge in [0.15, 0.2) is 6.61 Å². The molecule has 5 nitrogen and oxygen atoms in total. The molecule has 0 unspecified atom stereocenters. The van der Waals surface area contributed by atoms with Crippen molar-refractivity contribution in [2.75, 3.05) is 6.61 Å². The number of aromatic hydroxyl groups is 1. The number of ether oxygens (including phenoxy) is 1. The molecule has 24 heavy (non-hydrogen) atoms. The number of carbonyl (C=O) groups is 1. The molecule has 0 saturated heterocycles. The van der Waals surface area contributed by atoms with Gasteiger partial charge in [-0.05, 0) is 64.9 Å². The van der Waals surface area contributed by atoms with E-state index in [4.69, 9.17) is 4.74 Å². The van der Waals surface area contributed by atoms with Crippen LogP contribution in [-0.4, -0.2) is 23.8 Å². The Hall–Kier alpha value is -2.35. The van der Waals surface area contributed by atoms with E-state index >= 15 is 0 Å². The SMILES string of the molecule is C=CCc1cccc(/C=N/NC(=O)COc2ccc(I)cc2)c1O. The Kier molecular flexibility index (Phi) is 6.80. The lowest BCUT2D eigenvalue weighted by molar-refractivity contribution is -0.123. The van der Waals surface area contributed by atoms with E-state index in [0.29, 0.717) is 17.7 Å². The molecule has 124 valence electrons. The summed E-state index contributed by atoms with van der Waals surface area (Å²) < 4.78 is 6.44. The van der Waals surface area contributed by atoms with Gasteiger partial charge in [0.25, 0.3) is 5.91 Å². The Bertz CT molecular complexity index is 742. The van der Waals surface area contributed by atoms with Crippen molar-refractivity contribution < 1.29 is 14.6 Å². The maximum Gasteiger partial charge on any atom is 0.277 e. The van der Waals surface area contributed by atoms with E-state index in [0.717, 1.165) is 9.13 Å². The summed E-state index contributed by atoms with van der Waals surface area (Å²) in [6.07, 6.45) is 3.66. The molecule has 0 aliphatic heterocycles. The van der Waals surface area contributed by atoms with E-state index in [-0.39, 0.29) is 18.3 Å². The summed E-state index contributed by atoms with van der Waals surface area (Å²) >= 11 is 2.19. The third-order valence-electron chi connectivity index (χ3n) is 3.09. The average molecular weight is 436 g/mol. The summed E-state index contributed by atoms with van der Waals surface area (Å²) in [5.41, 5.74) is 3.64. The lowest BCUT2D eigenvalue weighted by atomic mass is 10.1. The van der Waals surface area contributed by atoms with Gasteiger partial charge in [0.05, 0.1) is 6.21 Å². The van der Waals surface area contributed by atoms with Crippen LogP contribution in [0, 0.1) is 3.57 Å². The minimum Gasteiger partial charge on any atom is -0.507 e. The molecular weight excluding hydrogens is 419 g/mol. The molecule has 0 radical (unpaired) electrons. The first-order chi connectivity index (χ1) is 11.6. The van der Waals surface area contributed by atoms with Crippen LogP contribution >= 0.6 is 22.6 Å². The zero-order valence-corrected chi connectivity index (χ0v) is 15.1.